The van der Waals surface area contributed by atoms with E-state index in [4.69, 9.17) is 0 Å². The van der Waals surface area contributed by atoms with Crippen molar-refractivity contribution in [3.63, 3.8) is 0 Å². The predicted molar refractivity (Wildman–Crippen MR) is 134 cm³/mol. The van der Waals surface area contributed by atoms with Gasteiger partial charge in [-0.15, -0.1) is 0 Å². The monoisotopic (exact) mass is 442 g/mol. The van der Waals surface area contributed by atoms with Gasteiger partial charge < -0.3 is 9.80 Å². The third-order valence-corrected chi connectivity index (χ3v) is 11.4. The standard InChI is InChI=1S/C29H50N2O/c1-19(2)17-27(32)31(8)22-13-15-28(4)21(18-22)9-10-23-25-12-11-24(20(3)30(6)7)29(25,5)16-14-26(23)28/h17,20-26H,9-16,18H2,1-8H3/t20?,21?,22-,23?,24?,25?,26?,28-,29+/m0/s1. The molecule has 3 heteroatoms. The first-order valence-electron chi connectivity index (χ1n) is 13.6. The van der Waals surface area contributed by atoms with Crippen molar-refractivity contribution in [2.75, 3.05) is 21.1 Å². The molecule has 0 aliphatic heterocycles. The number of hydrogen-bond acceptors (Lipinski definition) is 2. The van der Waals surface area contributed by atoms with Crippen LogP contribution in [-0.4, -0.2) is 48.9 Å². The van der Waals surface area contributed by atoms with Crippen LogP contribution in [0.3, 0.4) is 0 Å². The smallest absolute Gasteiger partial charge is 0.246 e. The Morgan fingerprint density at radius 1 is 0.906 bits per heavy atom. The summed E-state index contributed by atoms with van der Waals surface area (Å²) >= 11 is 0. The quantitative estimate of drug-likeness (QED) is 0.471. The lowest BCUT2D eigenvalue weighted by Gasteiger charge is -2.62. The highest BCUT2D eigenvalue weighted by molar-refractivity contribution is 5.88. The van der Waals surface area contributed by atoms with Crippen LogP contribution in [0.15, 0.2) is 11.6 Å². The van der Waals surface area contributed by atoms with Crippen LogP contribution in [0.4, 0.5) is 0 Å². The first-order valence-corrected chi connectivity index (χ1v) is 13.6. The van der Waals surface area contributed by atoms with E-state index in [9.17, 15) is 4.79 Å². The molecule has 0 N–H and O–H groups in total. The van der Waals surface area contributed by atoms with E-state index in [2.05, 4.69) is 44.7 Å². The van der Waals surface area contributed by atoms with Crippen LogP contribution in [0.5, 0.6) is 0 Å². The second-order valence-corrected chi connectivity index (χ2v) is 13.2. The van der Waals surface area contributed by atoms with Crippen LogP contribution in [0.2, 0.25) is 0 Å². The van der Waals surface area contributed by atoms with E-state index in [1.165, 1.54) is 57.8 Å². The summed E-state index contributed by atoms with van der Waals surface area (Å²) in [4.78, 5) is 17.2. The minimum Gasteiger partial charge on any atom is -0.339 e. The minimum absolute atomic E-state index is 0.202. The number of rotatable bonds is 4. The van der Waals surface area contributed by atoms with Crippen molar-refractivity contribution in [1.82, 2.24) is 9.80 Å². The van der Waals surface area contributed by atoms with Gasteiger partial charge >= 0.3 is 0 Å². The van der Waals surface area contributed by atoms with Gasteiger partial charge in [-0.2, -0.15) is 0 Å². The molecule has 4 aliphatic carbocycles. The highest BCUT2D eigenvalue weighted by atomic mass is 16.2. The Balaban J connectivity index is 1.48. The number of nitrogens with zero attached hydrogens (tertiary/aromatic N) is 2. The fourth-order valence-electron chi connectivity index (χ4n) is 9.31. The third-order valence-electron chi connectivity index (χ3n) is 11.4. The van der Waals surface area contributed by atoms with E-state index in [0.717, 1.165) is 35.2 Å². The van der Waals surface area contributed by atoms with E-state index in [-0.39, 0.29) is 5.91 Å². The molecule has 3 nitrogen and oxygen atoms in total. The number of carbonyl (C=O) groups excluding carboxylic acids is 1. The number of fused-ring (bicyclic) bond motifs is 5. The molecule has 4 rings (SSSR count). The summed E-state index contributed by atoms with van der Waals surface area (Å²) in [6.45, 7) is 11.8. The minimum atomic E-state index is 0.202. The zero-order chi connectivity index (χ0) is 23.4. The molecule has 0 bridgehead atoms. The lowest BCUT2D eigenvalue weighted by atomic mass is 9.44. The molecule has 182 valence electrons. The van der Waals surface area contributed by atoms with E-state index in [0.29, 0.717) is 22.9 Å². The molecule has 6 unspecified atom stereocenters. The number of amides is 1. The fourth-order valence-corrected chi connectivity index (χ4v) is 9.31. The Kier molecular flexibility index (Phi) is 6.64. The van der Waals surface area contributed by atoms with Gasteiger partial charge in [0.15, 0.2) is 0 Å². The highest BCUT2D eigenvalue weighted by Gasteiger charge is 2.60. The molecule has 4 aliphatic rings. The van der Waals surface area contributed by atoms with Gasteiger partial charge in [0.2, 0.25) is 5.91 Å². The van der Waals surface area contributed by atoms with E-state index >= 15 is 0 Å². The predicted octanol–water partition coefficient (Wildman–Crippen LogP) is 6.39. The largest absolute Gasteiger partial charge is 0.339 e. The SMILES string of the molecule is CC(C)=CC(=O)N(C)[C@H]1CC[C@@]2(C)C(CCC3C4CCC(C(C)N(C)C)[C@@]4(C)CCC32)C1. The molecule has 0 aromatic heterocycles. The van der Waals surface area contributed by atoms with Crippen molar-refractivity contribution in [2.24, 2.45) is 40.4 Å². The second-order valence-electron chi connectivity index (χ2n) is 13.2. The molecule has 4 fully saturated rings. The molecule has 0 spiro atoms. The number of likely N-dealkylation sites (N-methyl/N-ethyl adjacent to an activating group) is 1. The van der Waals surface area contributed by atoms with Crippen molar-refractivity contribution in [1.29, 1.82) is 0 Å². The van der Waals surface area contributed by atoms with Crippen molar-refractivity contribution in [3.05, 3.63) is 11.6 Å². The lowest BCUT2D eigenvalue weighted by Crippen LogP contribution is -2.56. The lowest BCUT2D eigenvalue weighted by molar-refractivity contribution is -0.137. The van der Waals surface area contributed by atoms with E-state index in [1.54, 1.807) is 0 Å². The van der Waals surface area contributed by atoms with E-state index in [1.807, 2.05) is 27.0 Å². The van der Waals surface area contributed by atoms with Crippen LogP contribution in [0, 0.1) is 40.4 Å². The van der Waals surface area contributed by atoms with Crippen LogP contribution in [-0.2, 0) is 4.79 Å². The zero-order valence-electron chi connectivity index (χ0n) is 22.3. The summed E-state index contributed by atoms with van der Waals surface area (Å²) in [5.74, 6) is 4.65. The molecule has 0 aromatic carbocycles. The average molecular weight is 443 g/mol. The van der Waals surface area contributed by atoms with Crippen LogP contribution in [0.25, 0.3) is 0 Å². The molecule has 0 heterocycles. The third kappa shape index (κ3) is 3.89. The number of carbonyl (C=O) groups is 1. The van der Waals surface area contributed by atoms with Crippen LogP contribution < -0.4 is 0 Å². The fraction of sp³-hybridized carbons (Fsp3) is 0.897. The van der Waals surface area contributed by atoms with Crippen LogP contribution >= 0.6 is 0 Å². The first-order chi connectivity index (χ1) is 15.0. The highest BCUT2D eigenvalue weighted by Crippen LogP contribution is 2.68. The molecule has 9 atom stereocenters. The summed E-state index contributed by atoms with van der Waals surface area (Å²) in [6, 6.07) is 1.12. The molecule has 1 amide bonds. The molecule has 0 saturated heterocycles. The summed E-state index contributed by atoms with van der Waals surface area (Å²) < 4.78 is 0. The van der Waals surface area contributed by atoms with Crippen LogP contribution in [0.1, 0.15) is 92.4 Å². The first kappa shape index (κ1) is 24.3. The zero-order valence-corrected chi connectivity index (χ0v) is 22.3. The maximum atomic E-state index is 12.7. The maximum absolute atomic E-state index is 12.7. The van der Waals surface area contributed by atoms with Gasteiger partial charge in [0.1, 0.15) is 0 Å². The van der Waals surface area contributed by atoms with Crippen molar-refractivity contribution >= 4 is 5.91 Å². The summed E-state index contributed by atoms with van der Waals surface area (Å²) in [5.41, 5.74) is 2.14. The molecule has 4 saturated carbocycles. The van der Waals surface area contributed by atoms with Gasteiger partial charge in [-0.1, -0.05) is 19.4 Å². The Hall–Kier alpha value is -0.830. The Bertz CT molecular complexity index is 739. The van der Waals surface area contributed by atoms with Gasteiger partial charge in [-0.25, -0.2) is 0 Å². The average Bonchev–Trinajstić information content (AvgIpc) is 3.08. The maximum Gasteiger partial charge on any atom is 0.246 e. The van der Waals surface area contributed by atoms with Gasteiger partial charge in [0.05, 0.1) is 0 Å². The summed E-state index contributed by atoms with van der Waals surface area (Å²) in [7, 11) is 6.59. The second kappa shape index (κ2) is 8.75. The van der Waals surface area contributed by atoms with Crippen molar-refractivity contribution < 1.29 is 4.79 Å². The van der Waals surface area contributed by atoms with Gasteiger partial charge in [-0.05, 0) is 133 Å². The Labute approximate surface area is 198 Å². The van der Waals surface area contributed by atoms with Gasteiger partial charge in [0, 0.05) is 25.2 Å². The van der Waals surface area contributed by atoms with E-state index < -0.39 is 0 Å². The normalized spacial score (nSPS) is 44.3. The molecular formula is C29H50N2O. The molecule has 32 heavy (non-hydrogen) atoms. The summed E-state index contributed by atoms with van der Waals surface area (Å²) in [6.07, 6.45) is 14.1. The Morgan fingerprint density at radius 3 is 2.22 bits per heavy atom. The molecular weight excluding hydrogens is 392 g/mol. The van der Waals surface area contributed by atoms with Gasteiger partial charge in [0.25, 0.3) is 0 Å². The molecule has 0 aromatic rings. The Morgan fingerprint density at radius 2 is 1.56 bits per heavy atom. The van der Waals surface area contributed by atoms with Gasteiger partial charge in [-0.3, -0.25) is 4.79 Å². The number of hydrogen-bond donors (Lipinski definition) is 0. The van der Waals surface area contributed by atoms with Crippen molar-refractivity contribution in [2.45, 2.75) is 104 Å². The molecule has 0 radical (unpaired) electrons. The number of allylic oxidation sites excluding steroid dienone is 1. The topological polar surface area (TPSA) is 23.6 Å². The van der Waals surface area contributed by atoms with Crippen molar-refractivity contribution in [3.8, 4) is 0 Å². The summed E-state index contributed by atoms with van der Waals surface area (Å²) in [5, 5.41) is 0.